The standard InChI is InChI=1S/C13H16BrNO/c1-8(2)12-7-16-13(15-12)11-5-4-10(14)6-9(11)3/h4-6,8,12H,7H2,1-3H3/t12-/m0/s1. The molecule has 0 bridgehead atoms. The second-order valence-corrected chi connectivity index (χ2v) is 5.43. The van der Waals surface area contributed by atoms with Crippen molar-refractivity contribution >= 4 is 21.8 Å². The fraction of sp³-hybridized carbons (Fsp3) is 0.462. The first-order valence-electron chi connectivity index (χ1n) is 5.55. The van der Waals surface area contributed by atoms with Gasteiger partial charge in [-0.2, -0.15) is 0 Å². The van der Waals surface area contributed by atoms with Crippen molar-refractivity contribution in [1.82, 2.24) is 0 Å². The molecule has 0 saturated heterocycles. The Labute approximate surface area is 105 Å². The van der Waals surface area contributed by atoms with Gasteiger partial charge in [0.05, 0.1) is 6.04 Å². The van der Waals surface area contributed by atoms with E-state index < -0.39 is 0 Å². The maximum atomic E-state index is 5.67. The molecule has 86 valence electrons. The van der Waals surface area contributed by atoms with E-state index in [2.05, 4.69) is 53.8 Å². The predicted octanol–water partition coefficient (Wildman–Crippen LogP) is 3.56. The lowest BCUT2D eigenvalue weighted by atomic mass is 10.1. The van der Waals surface area contributed by atoms with E-state index in [4.69, 9.17) is 4.74 Å². The SMILES string of the molecule is Cc1cc(Br)ccc1C1=N[C@H](C(C)C)CO1. The average molecular weight is 282 g/mol. The highest BCUT2D eigenvalue weighted by Crippen LogP contribution is 2.22. The van der Waals surface area contributed by atoms with Crippen molar-refractivity contribution in [2.75, 3.05) is 6.61 Å². The molecule has 0 aliphatic carbocycles. The summed E-state index contributed by atoms with van der Waals surface area (Å²) in [6, 6.07) is 6.47. The quantitative estimate of drug-likeness (QED) is 0.812. The Morgan fingerprint density at radius 2 is 2.19 bits per heavy atom. The summed E-state index contributed by atoms with van der Waals surface area (Å²) in [6.45, 7) is 7.14. The number of aryl methyl sites for hydroxylation is 1. The van der Waals surface area contributed by atoms with Gasteiger partial charge in [-0.1, -0.05) is 29.8 Å². The van der Waals surface area contributed by atoms with Gasteiger partial charge in [0.15, 0.2) is 0 Å². The molecule has 0 amide bonds. The number of hydrogen-bond acceptors (Lipinski definition) is 2. The zero-order valence-electron chi connectivity index (χ0n) is 9.83. The highest BCUT2D eigenvalue weighted by Gasteiger charge is 2.23. The molecule has 2 rings (SSSR count). The molecule has 0 unspecified atom stereocenters. The van der Waals surface area contributed by atoms with Crippen molar-refractivity contribution in [1.29, 1.82) is 0 Å². The molecular weight excluding hydrogens is 266 g/mol. The van der Waals surface area contributed by atoms with Crippen LogP contribution in [0.5, 0.6) is 0 Å². The van der Waals surface area contributed by atoms with Crippen LogP contribution in [0.1, 0.15) is 25.0 Å². The molecule has 1 heterocycles. The first-order valence-corrected chi connectivity index (χ1v) is 6.34. The maximum Gasteiger partial charge on any atom is 0.216 e. The van der Waals surface area contributed by atoms with Crippen LogP contribution in [-0.2, 0) is 4.74 Å². The van der Waals surface area contributed by atoms with Crippen LogP contribution in [0.25, 0.3) is 0 Å². The minimum atomic E-state index is 0.304. The van der Waals surface area contributed by atoms with Gasteiger partial charge in [-0.05, 0) is 36.6 Å². The van der Waals surface area contributed by atoms with E-state index in [0.717, 1.165) is 15.9 Å². The van der Waals surface area contributed by atoms with E-state index in [1.165, 1.54) is 5.56 Å². The van der Waals surface area contributed by atoms with Gasteiger partial charge in [-0.25, -0.2) is 4.99 Å². The Balaban J connectivity index is 2.29. The van der Waals surface area contributed by atoms with Gasteiger partial charge in [0.2, 0.25) is 5.90 Å². The largest absolute Gasteiger partial charge is 0.475 e. The lowest BCUT2D eigenvalue weighted by Crippen LogP contribution is -2.13. The molecule has 0 saturated carbocycles. The lowest BCUT2D eigenvalue weighted by Gasteiger charge is -2.06. The highest BCUT2D eigenvalue weighted by atomic mass is 79.9. The zero-order chi connectivity index (χ0) is 11.7. The van der Waals surface area contributed by atoms with Gasteiger partial charge in [0, 0.05) is 10.0 Å². The summed E-state index contributed by atoms with van der Waals surface area (Å²) < 4.78 is 6.76. The van der Waals surface area contributed by atoms with E-state index in [1.54, 1.807) is 0 Å². The normalized spacial score (nSPS) is 19.8. The van der Waals surface area contributed by atoms with E-state index in [0.29, 0.717) is 18.6 Å². The molecule has 0 aromatic heterocycles. The molecule has 16 heavy (non-hydrogen) atoms. The molecule has 0 spiro atoms. The summed E-state index contributed by atoms with van der Waals surface area (Å²) in [5, 5.41) is 0. The molecule has 1 aromatic rings. The number of ether oxygens (including phenoxy) is 1. The fourth-order valence-corrected chi connectivity index (χ4v) is 2.22. The summed E-state index contributed by atoms with van der Waals surface area (Å²) in [4.78, 5) is 4.63. The van der Waals surface area contributed by atoms with Crippen LogP contribution in [0, 0.1) is 12.8 Å². The monoisotopic (exact) mass is 281 g/mol. The van der Waals surface area contributed by atoms with Crippen molar-refractivity contribution in [3.63, 3.8) is 0 Å². The summed E-state index contributed by atoms with van der Waals surface area (Å²) in [5.74, 6) is 1.33. The van der Waals surface area contributed by atoms with Crippen LogP contribution < -0.4 is 0 Å². The van der Waals surface area contributed by atoms with Gasteiger partial charge in [0.1, 0.15) is 6.61 Å². The average Bonchev–Trinajstić information content (AvgIpc) is 2.66. The molecule has 1 atom stereocenters. The number of aliphatic imine (C=N–C) groups is 1. The smallest absolute Gasteiger partial charge is 0.216 e. The third-order valence-electron chi connectivity index (χ3n) is 2.86. The molecule has 3 heteroatoms. The Morgan fingerprint density at radius 1 is 1.44 bits per heavy atom. The van der Waals surface area contributed by atoms with E-state index in [-0.39, 0.29) is 0 Å². The number of hydrogen-bond donors (Lipinski definition) is 0. The molecule has 1 aliphatic heterocycles. The highest BCUT2D eigenvalue weighted by molar-refractivity contribution is 9.10. The van der Waals surface area contributed by atoms with Crippen LogP contribution in [0.15, 0.2) is 27.7 Å². The summed E-state index contributed by atoms with van der Waals surface area (Å²) in [7, 11) is 0. The van der Waals surface area contributed by atoms with Crippen molar-refractivity contribution < 1.29 is 4.74 Å². The second-order valence-electron chi connectivity index (χ2n) is 4.52. The van der Waals surface area contributed by atoms with Crippen molar-refractivity contribution in [2.45, 2.75) is 26.8 Å². The summed E-state index contributed by atoms with van der Waals surface area (Å²) in [5.41, 5.74) is 2.30. The van der Waals surface area contributed by atoms with Gasteiger partial charge >= 0.3 is 0 Å². The molecule has 1 aromatic carbocycles. The van der Waals surface area contributed by atoms with Crippen molar-refractivity contribution in [3.05, 3.63) is 33.8 Å². The molecule has 0 fully saturated rings. The Bertz CT molecular complexity index is 426. The Hall–Kier alpha value is -0.830. The van der Waals surface area contributed by atoms with Crippen LogP contribution in [-0.4, -0.2) is 18.5 Å². The molecule has 0 radical (unpaired) electrons. The summed E-state index contributed by atoms with van der Waals surface area (Å²) in [6.07, 6.45) is 0. The lowest BCUT2D eigenvalue weighted by molar-refractivity contribution is 0.292. The maximum absolute atomic E-state index is 5.67. The molecular formula is C13H16BrNO. The Morgan fingerprint density at radius 3 is 2.75 bits per heavy atom. The minimum Gasteiger partial charge on any atom is -0.475 e. The van der Waals surface area contributed by atoms with Crippen LogP contribution in [0.2, 0.25) is 0 Å². The topological polar surface area (TPSA) is 21.6 Å². The van der Waals surface area contributed by atoms with Gasteiger partial charge in [-0.3, -0.25) is 0 Å². The number of rotatable bonds is 2. The third-order valence-corrected chi connectivity index (χ3v) is 3.36. The molecule has 1 aliphatic rings. The van der Waals surface area contributed by atoms with Crippen molar-refractivity contribution in [2.24, 2.45) is 10.9 Å². The van der Waals surface area contributed by atoms with Gasteiger partial charge in [0.25, 0.3) is 0 Å². The minimum absolute atomic E-state index is 0.304. The zero-order valence-corrected chi connectivity index (χ0v) is 11.4. The fourth-order valence-electron chi connectivity index (χ4n) is 1.75. The second kappa shape index (κ2) is 4.58. The van der Waals surface area contributed by atoms with Gasteiger partial charge in [-0.15, -0.1) is 0 Å². The van der Waals surface area contributed by atoms with E-state index in [9.17, 15) is 0 Å². The van der Waals surface area contributed by atoms with Crippen LogP contribution >= 0.6 is 15.9 Å². The van der Waals surface area contributed by atoms with Gasteiger partial charge < -0.3 is 4.74 Å². The van der Waals surface area contributed by atoms with E-state index >= 15 is 0 Å². The first-order chi connectivity index (χ1) is 7.58. The molecule has 2 nitrogen and oxygen atoms in total. The van der Waals surface area contributed by atoms with Crippen molar-refractivity contribution in [3.8, 4) is 0 Å². The Kier molecular flexibility index (Phi) is 3.33. The number of halogens is 1. The van der Waals surface area contributed by atoms with E-state index in [1.807, 2.05) is 6.07 Å². The van der Waals surface area contributed by atoms with Crippen LogP contribution in [0.3, 0.4) is 0 Å². The van der Waals surface area contributed by atoms with Crippen LogP contribution in [0.4, 0.5) is 0 Å². The number of nitrogens with zero attached hydrogens (tertiary/aromatic N) is 1. The first kappa shape index (κ1) is 11.6. The number of benzene rings is 1. The predicted molar refractivity (Wildman–Crippen MR) is 70.0 cm³/mol. The molecule has 0 N–H and O–H groups in total. The third kappa shape index (κ3) is 2.29. The summed E-state index contributed by atoms with van der Waals surface area (Å²) >= 11 is 3.46.